The van der Waals surface area contributed by atoms with E-state index in [1.54, 1.807) is 18.2 Å². The fourth-order valence-electron chi connectivity index (χ4n) is 1.61. The SMILES string of the molecule is Cc1ccccc1PC(=O)c1c(Cl)cccc1Cl.[Li]. The molecule has 1 atom stereocenters. The summed E-state index contributed by atoms with van der Waals surface area (Å²) in [4.78, 5) is 12.3. The minimum absolute atomic E-state index is 0. The van der Waals surface area contributed by atoms with Gasteiger partial charge in [0.2, 0.25) is 0 Å². The van der Waals surface area contributed by atoms with Crippen LogP contribution in [0.3, 0.4) is 0 Å². The molecule has 0 spiro atoms. The Balaban J connectivity index is 0.00000180. The summed E-state index contributed by atoms with van der Waals surface area (Å²) in [5.41, 5.74) is 1.50. The first-order chi connectivity index (χ1) is 8.59. The van der Waals surface area contributed by atoms with Crippen molar-refractivity contribution in [2.75, 3.05) is 0 Å². The van der Waals surface area contributed by atoms with E-state index in [9.17, 15) is 4.79 Å². The Bertz CT molecular complexity index is 581. The number of aryl methyl sites for hydroxylation is 1. The molecule has 0 N–H and O–H groups in total. The van der Waals surface area contributed by atoms with E-state index in [2.05, 4.69) is 0 Å². The van der Waals surface area contributed by atoms with Gasteiger partial charge in [0.25, 0.3) is 0 Å². The summed E-state index contributed by atoms with van der Waals surface area (Å²) in [5, 5.41) is 1.85. The molecule has 1 nitrogen and oxygen atoms in total. The smallest absolute Gasteiger partial charge is 0.188 e. The Morgan fingerprint density at radius 3 is 2.16 bits per heavy atom. The topological polar surface area (TPSA) is 17.1 Å². The van der Waals surface area contributed by atoms with Crippen molar-refractivity contribution in [1.29, 1.82) is 0 Å². The van der Waals surface area contributed by atoms with Crippen molar-refractivity contribution >= 4 is 61.5 Å². The third kappa shape index (κ3) is 4.09. The van der Waals surface area contributed by atoms with E-state index >= 15 is 0 Å². The van der Waals surface area contributed by atoms with E-state index in [0.29, 0.717) is 15.6 Å². The van der Waals surface area contributed by atoms with E-state index in [4.69, 9.17) is 23.2 Å². The fourth-order valence-corrected chi connectivity index (χ4v) is 3.44. The van der Waals surface area contributed by atoms with Crippen molar-refractivity contribution in [3.05, 3.63) is 63.6 Å². The molecule has 93 valence electrons. The van der Waals surface area contributed by atoms with E-state index in [0.717, 1.165) is 10.9 Å². The molecule has 0 fully saturated rings. The molecule has 0 aliphatic carbocycles. The molecule has 0 saturated carbocycles. The van der Waals surface area contributed by atoms with Crippen molar-refractivity contribution in [1.82, 2.24) is 0 Å². The van der Waals surface area contributed by atoms with Crippen LogP contribution < -0.4 is 5.30 Å². The largest absolute Gasteiger partial charge is 0.289 e. The van der Waals surface area contributed by atoms with Crippen LogP contribution in [0.1, 0.15) is 15.9 Å². The summed E-state index contributed by atoms with van der Waals surface area (Å²) in [6.45, 7) is 1.99. The minimum atomic E-state index is -0.0279. The van der Waals surface area contributed by atoms with Crippen LogP contribution in [0, 0.1) is 6.92 Å². The van der Waals surface area contributed by atoms with Crippen LogP contribution in [0.15, 0.2) is 42.5 Å². The van der Waals surface area contributed by atoms with Crippen LogP contribution in [0.2, 0.25) is 10.0 Å². The van der Waals surface area contributed by atoms with Crippen molar-refractivity contribution in [3.8, 4) is 0 Å². The quantitative estimate of drug-likeness (QED) is 0.617. The van der Waals surface area contributed by atoms with Crippen LogP contribution in [-0.4, -0.2) is 24.4 Å². The monoisotopic (exact) mass is 303 g/mol. The third-order valence-corrected chi connectivity index (χ3v) is 4.52. The molecule has 0 saturated heterocycles. The first-order valence-corrected chi connectivity index (χ1v) is 7.16. The predicted octanol–water partition coefficient (Wildman–Crippen LogP) is 4.07. The average Bonchev–Trinajstić information content (AvgIpc) is 2.32. The van der Waals surface area contributed by atoms with Crippen molar-refractivity contribution in [2.24, 2.45) is 0 Å². The molecule has 0 heterocycles. The van der Waals surface area contributed by atoms with Gasteiger partial charge in [-0.25, -0.2) is 0 Å². The van der Waals surface area contributed by atoms with E-state index in [1.807, 2.05) is 31.2 Å². The first kappa shape index (κ1) is 16.8. The third-order valence-electron chi connectivity index (χ3n) is 2.58. The normalized spacial score (nSPS) is 10.5. The van der Waals surface area contributed by atoms with Gasteiger partial charge in [-0.15, -0.1) is 0 Å². The van der Waals surface area contributed by atoms with Crippen LogP contribution in [0.4, 0.5) is 0 Å². The number of hydrogen-bond acceptors (Lipinski definition) is 1. The average molecular weight is 304 g/mol. The fraction of sp³-hybridized carbons (Fsp3) is 0.0714. The van der Waals surface area contributed by atoms with E-state index in [1.165, 1.54) is 0 Å². The number of carbonyl (C=O) groups is 1. The number of benzene rings is 2. The standard InChI is InChI=1S/C14H11Cl2OP.Li/c1-9-5-2-3-8-12(9)18-14(17)13-10(15)6-4-7-11(13)16;/h2-8,18H,1H3;. The van der Waals surface area contributed by atoms with E-state index < -0.39 is 0 Å². The molecule has 2 aromatic carbocycles. The summed E-state index contributed by atoms with van der Waals surface area (Å²) in [6.07, 6.45) is 0. The van der Waals surface area contributed by atoms with E-state index in [-0.39, 0.29) is 33.0 Å². The van der Waals surface area contributed by atoms with Gasteiger partial charge in [-0.3, -0.25) is 4.79 Å². The van der Waals surface area contributed by atoms with Gasteiger partial charge >= 0.3 is 0 Å². The summed E-state index contributed by atoms with van der Waals surface area (Å²) < 4.78 is 0. The molecule has 19 heavy (non-hydrogen) atoms. The Hall–Kier alpha value is -0.283. The Morgan fingerprint density at radius 2 is 1.58 bits per heavy atom. The molecular formula is C14H11Cl2LiOP. The zero-order valence-electron chi connectivity index (χ0n) is 10.7. The Kier molecular flexibility index (Phi) is 6.61. The minimum Gasteiger partial charge on any atom is -0.289 e. The van der Waals surface area contributed by atoms with Gasteiger partial charge in [-0.1, -0.05) is 53.5 Å². The molecule has 0 aliphatic rings. The van der Waals surface area contributed by atoms with Crippen LogP contribution >= 0.6 is 31.8 Å². The molecule has 0 aromatic heterocycles. The summed E-state index contributed by atoms with van der Waals surface area (Å²) in [6, 6.07) is 12.9. The number of hydrogen-bond donors (Lipinski definition) is 0. The van der Waals surface area contributed by atoms with Crippen molar-refractivity contribution < 1.29 is 4.79 Å². The van der Waals surface area contributed by atoms with Crippen molar-refractivity contribution in [2.45, 2.75) is 6.92 Å². The maximum Gasteiger partial charge on any atom is 0.188 e. The van der Waals surface area contributed by atoms with Gasteiger partial charge in [0.15, 0.2) is 5.52 Å². The van der Waals surface area contributed by atoms with Crippen LogP contribution in [0.5, 0.6) is 0 Å². The zero-order chi connectivity index (χ0) is 13.1. The van der Waals surface area contributed by atoms with Gasteiger partial charge in [-0.05, 0) is 38.5 Å². The molecule has 5 heteroatoms. The zero-order valence-corrected chi connectivity index (χ0v) is 13.2. The van der Waals surface area contributed by atoms with Gasteiger partial charge < -0.3 is 0 Å². The van der Waals surface area contributed by atoms with Gasteiger partial charge in [-0.2, -0.15) is 0 Å². The predicted molar refractivity (Wildman–Crippen MR) is 85.7 cm³/mol. The van der Waals surface area contributed by atoms with Gasteiger partial charge in [0, 0.05) is 18.9 Å². The molecule has 0 aliphatic heterocycles. The maximum atomic E-state index is 12.3. The molecule has 2 aromatic rings. The van der Waals surface area contributed by atoms with Gasteiger partial charge in [0.05, 0.1) is 15.6 Å². The van der Waals surface area contributed by atoms with Crippen molar-refractivity contribution in [3.63, 3.8) is 0 Å². The Morgan fingerprint density at radius 1 is 1.00 bits per heavy atom. The molecule has 0 amide bonds. The Labute approximate surface area is 136 Å². The van der Waals surface area contributed by atoms with Gasteiger partial charge in [0.1, 0.15) is 0 Å². The summed E-state index contributed by atoms with van der Waals surface area (Å²) >= 11 is 12.1. The number of halogens is 2. The van der Waals surface area contributed by atoms with Crippen LogP contribution in [0.25, 0.3) is 0 Å². The summed E-state index contributed by atoms with van der Waals surface area (Å²) in [5.74, 6) is 0. The first-order valence-electron chi connectivity index (χ1n) is 5.40. The number of rotatable bonds is 3. The van der Waals surface area contributed by atoms with Crippen LogP contribution in [-0.2, 0) is 0 Å². The molecule has 0 bridgehead atoms. The molecule has 1 radical (unpaired) electrons. The summed E-state index contributed by atoms with van der Waals surface area (Å²) in [7, 11) is 0.0395. The molecule has 1 unspecified atom stereocenters. The number of carbonyl (C=O) groups excluding carboxylic acids is 1. The second-order valence-electron chi connectivity index (χ2n) is 3.87. The second-order valence-corrected chi connectivity index (χ2v) is 5.92. The molecule has 2 rings (SSSR count). The second kappa shape index (κ2) is 7.49. The molecular weight excluding hydrogens is 293 g/mol. The maximum absolute atomic E-state index is 12.3.